The number of nitrogens with zero attached hydrogens (tertiary/aromatic N) is 2. The van der Waals surface area contributed by atoms with E-state index in [0.29, 0.717) is 12.4 Å². The van der Waals surface area contributed by atoms with E-state index >= 15 is 0 Å². The van der Waals surface area contributed by atoms with Gasteiger partial charge in [0.25, 0.3) is 0 Å². The number of benzene rings is 1. The van der Waals surface area contributed by atoms with E-state index in [0.717, 1.165) is 48.4 Å². The number of allylic oxidation sites excluding steroid dienone is 1. The highest BCUT2D eigenvalue weighted by Crippen LogP contribution is 2.35. The summed E-state index contributed by atoms with van der Waals surface area (Å²) in [5.74, 6) is 1.27. The number of nitrogens with two attached hydrogens (primary N) is 1. The molecule has 4 rings (SSSR count). The van der Waals surface area contributed by atoms with Crippen LogP contribution in [0, 0.1) is 5.41 Å². The minimum Gasteiger partial charge on any atom is -0.492 e. The lowest BCUT2D eigenvalue weighted by Gasteiger charge is -2.40. The van der Waals surface area contributed by atoms with Gasteiger partial charge in [0.2, 0.25) is 0 Å². The first-order valence-electron chi connectivity index (χ1n) is 8.29. The van der Waals surface area contributed by atoms with E-state index in [9.17, 15) is 0 Å². The molecule has 0 amide bonds. The summed E-state index contributed by atoms with van der Waals surface area (Å²) >= 11 is 0. The molecule has 0 aliphatic carbocycles. The summed E-state index contributed by atoms with van der Waals surface area (Å²) in [4.78, 5) is 8.71. The van der Waals surface area contributed by atoms with Crippen molar-refractivity contribution in [3.63, 3.8) is 0 Å². The van der Waals surface area contributed by atoms with E-state index in [1.54, 1.807) is 0 Å². The molecule has 0 atom stereocenters. The fourth-order valence-electron chi connectivity index (χ4n) is 3.08. The smallest absolute Gasteiger partial charge is 0.132 e. The molecule has 0 saturated carbocycles. The van der Waals surface area contributed by atoms with Crippen LogP contribution in [0.5, 0.6) is 5.75 Å². The van der Waals surface area contributed by atoms with Crippen LogP contribution < -0.4 is 10.5 Å². The number of pyridine rings is 1. The van der Waals surface area contributed by atoms with Gasteiger partial charge in [0.1, 0.15) is 11.6 Å². The summed E-state index contributed by atoms with van der Waals surface area (Å²) in [6.45, 7) is 5.06. The molecule has 1 aromatic heterocycles. The van der Waals surface area contributed by atoms with Crippen molar-refractivity contribution in [1.82, 2.24) is 4.98 Å². The maximum atomic E-state index is 6.12. The minimum atomic E-state index is 0.135. The zero-order valence-corrected chi connectivity index (χ0v) is 13.8. The average molecular weight is 323 g/mol. The van der Waals surface area contributed by atoms with Gasteiger partial charge in [-0.25, -0.2) is 4.98 Å². The summed E-state index contributed by atoms with van der Waals surface area (Å²) in [6, 6.07) is 8.01. The number of nitrogen functional groups attached to an aromatic ring is 1. The lowest BCUT2D eigenvalue weighted by molar-refractivity contribution is -0.133. The largest absolute Gasteiger partial charge is 0.492 e. The van der Waals surface area contributed by atoms with Crippen molar-refractivity contribution in [1.29, 1.82) is 0 Å². The molecule has 1 aromatic carbocycles. The predicted molar refractivity (Wildman–Crippen MR) is 96.5 cm³/mol. The van der Waals surface area contributed by atoms with Crippen molar-refractivity contribution in [2.45, 2.75) is 13.3 Å². The lowest BCUT2D eigenvalue weighted by atomic mass is 9.84. The summed E-state index contributed by atoms with van der Waals surface area (Å²) in [5, 5.41) is 0.985. The second-order valence-electron chi connectivity index (χ2n) is 6.59. The summed E-state index contributed by atoms with van der Waals surface area (Å²) in [5.41, 5.74) is 9.30. The van der Waals surface area contributed by atoms with Gasteiger partial charge in [-0.15, -0.1) is 0 Å². The molecular formula is C19H21N3O2. The van der Waals surface area contributed by atoms with Gasteiger partial charge in [-0.05, 0) is 35.8 Å². The first kappa shape index (κ1) is 15.1. The number of hydrogen-bond acceptors (Lipinski definition) is 5. The third-order valence-corrected chi connectivity index (χ3v) is 4.91. The average Bonchev–Trinajstić information content (AvgIpc) is 3.08. The van der Waals surface area contributed by atoms with Crippen molar-refractivity contribution in [3.05, 3.63) is 35.9 Å². The highest BCUT2D eigenvalue weighted by Gasteiger charge is 2.37. The Balaban J connectivity index is 1.65. The quantitative estimate of drug-likeness (QED) is 0.918. The molecule has 5 nitrogen and oxygen atoms in total. The lowest BCUT2D eigenvalue weighted by Crippen LogP contribution is -2.46. The molecule has 0 spiro atoms. The van der Waals surface area contributed by atoms with E-state index in [1.807, 2.05) is 18.4 Å². The maximum Gasteiger partial charge on any atom is 0.132 e. The highest BCUT2D eigenvalue weighted by atomic mass is 16.5. The van der Waals surface area contributed by atoms with Crippen molar-refractivity contribution in [2.75, 3.05) is 32.1 Å². The third kappa shape index (κ3) is 2.65. The molecule has 0 radical (unpaired) electrons. The minimum absolute atomic E-state index is 0.135. The molecule has 0 unspecified atom stereocenters. The Morgan fingerprint density at radius 3 is 2.83 bits per heavy atom. The van der Waals surface area contributed by atoms with Gasteiger partial charge in [0, 0.05) is 17.7 Å². The Kier molecular flexibility index (Phi) is 3.73. The Morgan fingerprint density at radius 2 is 2.17 bits per heavy atom. The number of rotatable bonds is 5. The standard InChI is InChI=1S/C19H21N3O2/c1-2-19(10-23-11-19)12-24-17-8-18(20)22-16-7-13(3-4-15(16)17)14-5-6-21-9-14/h3-8H,2,9-12H2,1H3,(H2,20,22). The number of anilines is 1. The molecule has 2 aliphatic rings. The number of aliphatic imine (C=N–C) groups is 1. The molecule has 1 saturated heterocycles. The van der Waals surface area contributed by atoms with Gasteiger partial charge in [-0.1, -0.05) is 13.0 Å². The van der Waals surface area contributed by atoms with Gasteiger partial charge in [0.05, 0.1) is 37.3 Å². The van der Waals surface area contributed by atoms with Crippen molar-refractivity contribution in [2.24, 2.45) is 10.4 Å². The first-order valence-corrected chi connectivity index (χ1v) is 8.29. The van der Waals surface area contributed by atoms with Crippen molar-refractivity contribution in [3.8, 4) is 5.75 Å². The number of fused-ring (bicyclic) bond motifs is 1. The Morgan fingerprint density at radius 1 is 1.29 bits per heavy atom. The molecule has 5 heteroatoms. The second kappa shape index (κ2) is 5.91. The van der Waals surface area contributed by atoms with Crippen LogP contribution in [0.3, 0.4) is 0 Å². The van der Waals surface area contributed by atoms with Crippen LogP contribution in [0.25, 0.3) is 16.5 Å². The molecule has 2 N–H and O–H groups in total. The van der Waals surface area contributed by atoms with E-state index < -0.39 is 0 Å². The molecule has 24 heavy (non-hydrogen) atoms. The van der Waals surface area contributed by atoms with Crippen LogP contribution in [-0.4, -0.2) is 37.6 Å². The fraction of sp³-hybridized carbons (Fsp3) is 0.368. The van der Waals surface area contributed by atoms with Gasteiger partial charge < -0.3 is 15.2 Å². The van der Waals surface area contributed by atoms with E-state index in [4.69, 9.17) is 15.2 Å². The molecule has 124 valence electrons. The van der Waals surface area contributed by atoms with E-state index in [-0.39, 0.29) is 5.41 Å². The number of hydrogen-bond donors (Lipinski definition) is 1. The van der Waals surface area contributed by atoms with E-state index in [1.165, 1.54) is 5.57 Å². The summed E-state index contributed by atoms with van der Waals surface area (Å²) in [6.07, 6.45) is 4.92. The Labute approximate surface area is 141 Å². The number of aromatic nitrogens is 1. The van der Waals surface area contributed by atoms with Gasteiger partial charge >= 0.3 is 0 Å². The van der Waals surface area contributed by atoms with E-state index in [2.05, 4.69) is 35.1 Å². The predicted octanol–water partition coefficient (Wildman–Crippen LogP) is 3.09. The van der Waals surface area contributed by atoms with Crippen LogP contribution in [0.2, 0.25) is 0 Å². The van der Waals surface area contributed by atoms with Crippen molar-refractivity contribution >= 4 is 28.5 Å². The topological polar surface area (TPSA) is 69.7 Å². The zero-order valence-electron chi connectivity index (χ0n) is 13.8. The molecule has 3 heterocycles. The number of ether oxygens (including phenoxy) is 2. The first-order chi connectivity index (χ1) is 11.7. The molecular weight excluding hydrogens is 302 g/mol. The molecule has 0 bridgehead atoms. The Hall–Kier alpha value is -2.40. The molecule has 2 aromatic rings. The monoisotopic (exact) mass is 323 g/mol. The van der Waals surface area contributed by atoms with Crippen LogP contribution in [0.1, 0.15) is 18.9 Å². The fourth-order valence-corrected chi connectivity index (χ4v) is 3.08. The van der Waals surface area contributed by atoms with Crippen molar-refractivity contribution < 1.29 is 9.47 Å². The third-order valence-electron chi connectivity index (χ3n) is 4.91. The van der Waals surface area contributed by atoms with Gasteiger partial charge in [-0.2, -0.15) is 0 Å². The summed E-state index contributed by atoms with van der Waals surface area (Å²) < 4.78 is 11.5. The van der Waals surface area contributed by atoms with Gasteiger partial charge in [-0.3, -0.25) is 4.99 Å². The van der Waals surface area contributed by atoms with Crippen LogP contribution in [-0.2, 0) is 4.74 Å². The second-order valence-corrected chi connectivity index (χ2v) is 6.59. The maximum absolute atomic E-state index is 6.12. The molecule has 2 aliphatic heterocycles. The normalized spacial score (nSPS) is 18.5. The Bertz CT molecular complexity index is 832. The molecule has 1 fully saturated rings. The van der Waals surface area contributed by atoms with Gasteiger partial charge in [0.15, 0.2) is 0 Å². The highest BCUT2D eigenvalue weighted by molar-refractivity contribution is 5.94. The summed E-state index contributed by atoms with van der Waals surface area (Å²) in [7, 11) is 0. The van der Waals surface area contributed by atoms with Crippen LogP contribution in [0.15, 0.2) is 35.3 Å². The SMILES string of the molecule is CCC1(COc2cc(N)nc3cc(C4=CC=NC4)ccc23)COC1. The van der Waals surface area contributed by atoms with Crippen LogP contribution >= 0.6 is 0 Å². The zero-order chi connectivity index (χ0) is 16.6. The van der Waals surface area contributed by atoms with Crippen LogP contribution in [0.4, 0.5) is 5.82 Å².